The van der Waals surface area contributed by atoms with Crippen molar-refractivity contribution in [3.8, 4) is 11.5 Å². The van der Waals surface area contributed by atoms with Crippen molar-refractivity contribution in [3.05, 3.63) is 65.1 Å². The number of oxazole rings is 1. The highest BCUT2D eigenvalue weighted by atomic mass is 79.9. The first-order valence-electron chi connectivity index (χ1n) is 6.35. The number of hydrogen-bond acceptors (Lipinski definition) is 2. The van der Waals surface area contributed by atoms with Gasteiger partial charge in [0.15, 0.2) is 5.58 Å². The second-order valence-corrected chi connectivity index (χ2v) is 5.58. The van der Waals surface area contributed by atoms with E-state index >= 15 is 0 Å². The predicted octanol–water partition coefficient (Wildman–Crippen LogP) is 5.41. The fourth-order valence-corrected chi connectivity index (χ4v) is 2.81. The molecule has 0 radical (unpaired) electrons. The van der Waals surface area contributed by atoms with Crippen molar-refractivity contribution in [2.24, 2.45) is 0 Å². The first-order valence-corrected chi connectivity index (χ1v) is 7.15. The third-order valence-electron chi connectivity index (χ3n) is 3.36. The highest BCUT2D eigenvalue weighted by molar-refractivity contribution is 9.10. The van der Waals surface area contributed by atoms with Crippen LogP contribution < -0.4 is 0 Å². The molecular formula is C17H10BrNO. The van der Waals surface area contributed by atoms with Crippen LogP contribution in [0.4, 0.5) is 0 Å². The smallest absolute Gasteiger partial charge is 0.227 e. The maximum Gasteiger partial charge on any atom is 0.227 e. The lowest BCUT2D eigenvalue weighted by molar-refractivity contribution is 0.620. The van der Waals surface area contributed by atoms with Gasteiger partial charge in [0.25, 0.3) is 0 Å². The van der Waals surface area contributed by atoms with E-state index in [1.165, 1.54) is 5.39 Å². The molecule has 3 aromatic carbocycles. The Kier molecular flexibility index (Phi) is 2.60. The van der Waals surface area contributed by atoms with Crippen LogP contribution >= 0.6 is 15.9 Å². The molecule has 0 bridgehead atoms. The van der Waals surface area contributed by atoms with Crippen LogP contribution in [0.1, 0.15) is 0 Å². The number of aromatic nitrogens is 1. The van der Waals surface area contributed by atoms with E-state index in [-0.39, 0.29) is 0 Å². The van der Waals surface area contributed by atoms with Gasteiger partial charge in [-0.1, -0.05) is 52.3 Å². The molecule has 0 N–H and O–H groups in total. The minimum absolute atomic E-state index is 0.651. The highest BCUT2D eigenvalue weighted by Crippen LogP contribution is 2.30. The molecule has 0 atom stereocenters. The number of nitrogens with zero attached hydrogens (tertiary/aromatic N) is 1. The summed E-state index contributed by atoms with van der Waals surface area (Å²) in [5.41, 5.74) is 2.71. The third kappa shape index (κ3) is 1.82. The first-order chi connectivity index (χ1) is 9.81. The average Bonchev–Trinajstić information content (AvgIpc) is 2.92. The number of rotatable bonds is 1. The maximum absolute atomic E-state index is 5.89. The Morgan fingerprint density at radius 2 is 1.80 bits per heavy atom. The number of fused-ring (bicyclic) bond motifs is 3. The summed E-state index contributed by atoms with van der Waals surface area (Å²) in [6.45, 7) is 0. The Balaban J connectivity index is 2.01. The third-order valence-corrected chi connectivity index (χ3v) is 3.85. The molecule has 0 saturated heterocycles. The molecule has 20 heavy (non-hydrogen) atoms. The molecule has 4 rings (SSSR count). The zero-order valence-corrected chi connectivity index (χ0v) is 12.1. The molecule has 0 aliphatic rings. The number of hydrogen-bond donors (Lipinski definition) is 0. The van der Waals surface area contributed by atoms with Crippen LogP contribution in [0.25, 0.3) is 33.3 Å². The van der Waals surface area contributed by atoms with E-state index < -0.39 is 0 Å². The van der Waals surface area contributed by atoms with Crippen molar-refractivity contribution in [2.75, 3.05) is 0 Å². The summed E-state index contributed by atoms with van der Waals surface area (Å²) in [5.74, 6) is 0.651. The molecule has 3 heteroatoms. The Bertz CT molecular complexity index is 926. The monoisotopic (exact) mass is 323 g/mol. The lowest BCUT2D eigenvalue weighted by Gasteiger charge is -1.95. The second kappa shape index (κ2) is 4.46. The van der Waals surface area contributed by atoms with E-state index in [9.17, 15) is 0 Å². The van der Waals surface area contributed by atoms with Gasteiger partial charge in [0, 0.05) is 15.4 Å². The summed E-state index contributed by atoms with van der Waals surface area (Å²) >= 11 is 3.47. The van der Waals surface area contributed by atoms with Gasteiger partial charge >= 0.3 is 0 Å². The fraction of sp³-hybridized carbons (Fsp3) is 0. The van der Waals surface area contributed by atoms with Gasteiger partial charge in [-0.3, -0.25) is 0 Å². The predicted molar refractivity (Wildman–Crippen MR) is 84.7 cm³/mol. The lowest BCUT2D eigenvalue weighted by Crippen LogP contribution is -1.77. The second-order valence-electron chi connectivity index (χ2n) is 4.66. The van der Waals surface area contributed by atoms with Crippen LogP contribution in [0, 0.1) is 0 Å². The average molecular weight is 324 g/mol. The molecule has 0 aliphatic carbocycles. The van der Waals surface area contributed by atoms with Crippen molar-refractivity contribution in [1.29, 1.82) is 0 Å². The molecule has 2 nitrogen and oxygen atoms in total. The molecule has 0 unspecified atom stereocenters. The quantitative estimate of drug-likeness (QED) is 0.468. The van der Waals surface area contributed by atoms with Gasteiger partial charge in [-0.15, -0.1) is 0 Å². The standard InChI is InChI=1S/C17H10BrNO/c18-13-6-3-5-12(10-13)17-19-16-14-7-2-1-4-11(14)8-9-15(16)20-17/h1-10H. The Hall–Kier alpha value is -2.13. The van der Waals surface area contributed by atoms with Crippen molar-refractivity contribution in [3.63, 3.8) is 0 Å². The summed E-state index contributed by atoms with van der Waals surface area (Å²) in [7, 11) is 0. The Labute approximate surface area is 124 Å². The van der Waals surface area contributed by atoms with Crippen LogP contribution in [-0.2, 0) is 0 Å². The van der Waals surface area contributed by atoms with Crippen molar-refractivity contribution in [1.82, 2.24) is 4.98 Å². The largest absolute Gasteiger partial charge is 0.436 e. The van der Waals surface area contributed by atoms with Crippen LogP contribution in [-0.4, -0.2) is 4.98 Å². The molecule has 0 fully saturated rings. The van der Waals surface area contributed by atoms with Gasteiger partial charge in [-0.05, 0) is 29.7 Å². The van der Waals surface area contributed by atoms with Crippen LogP contribution in [0.2, 0.25) is 0 Å². The summed E-state index contributed by atoms with van der Waals surface area (Å²) in [6.07, 6.45) is 0. The minimum Gasteiger partial charge on any atom is -0.436 e. The molecule has 0 saturated carbocycles. The molecule has 4 aromatic rings. The summed E-state index contributed by atoms with van der Waals surface area (Å²) in [4.78, 5) is 4.66. The molecule has 1 aromatic heterocycles. The van der Waals surface area contributed by atoms with Crippen LogP contribution in [0.3, 0.4) is 0 Å². The molecule has 0 aliphatic heterocycles. The molecule has 0 spiro atoms. The number of halogens is 1. The molecule has 1 heterocycles. The maximum atomic E-state index is 5.89. The zero-order chi connectivity index (χ0) is 13.5. The molecular weight excluding hydrogens is 314 g/mol. The van der Waals surface area contributed by atoms with Gasteiger partial charge in [0.05, 0.1) is 0 Å². The zero-order valence-electron chi connectivity index (χ0n) is 10.5. The van der Waals surface area contributed by atoms with Gasteiger partial charge < -0.3 is 4.42 Å². The van der Waals surface area contributed by atoms with Gasteiger partial charge in [-0.25, -0.2) is 4.98 Å². The normalized spacial score (nSPS) is 11.2. The summed E-state index contributed by atoms with van der Waals surface area (Å²) in [5, 5.41) is 2.30. The van der Waals surface area contributed by atoms with Crippen molar-refractivity contribution >= 4 is 37.8 Å². The number of benzene rings is 3. The molecule has 0 amide bonds. The first kappa shape index (κ1) is 11.7. The minimum atomic E-state index is 0.651. The Morgan fingerprint density at radius 3 is 2.70 bits per heavy atom. The van der Waals surface area contributed by atoms with E-state index in [1.807, 2.05) is 42.5 Å². The van der Waals surface area contributed by atoms with Crippen molar-refractivity contribution in [2.45, 2.75) is 0 Å². The van der Waals surface area contributed by atoms with E-state index in [4.69, 9.17) is 4.42 Å². The lowest BCUT2D eigenvalue weighted by atomic mass is 10.1. The van der Waals surface area contributed by atoms with E-state index in [2.05, 4.69) is 39.1 Å². The molecule has 96 valence electrons. The van der Waals surface area contributed by atoms with Crippen LogP contribution in [0.15, 0.2) is 69.6 Å². The summed E-state index contributed by atoms with van der Waals surface area (Å²) in [6, 6.07) is 20.2. The topological polar surface area (TPSA) is 26.0 Å². The van der Waals surface area contributed by atoms with Gasteiger partial charge in [-0.2, -0.15) is 0 Å². The van der Waals surface area contributed by atoms with E-state index in [0.29, 0.717) is 5.89 Å². The summed E-state index contributed by atoms with van der Waals surface area (Å²) < 4.78 is 6.90. The fourth-order valence-electron chi connectivity index (χ4n) is 2.41. The Morgan fingerprint density at radius 1 is 0.900 bits per heavy atom. The van der Waals surface area contributed by atoms with Crippen molar-refractivity contribution < 1.29 is 4.42 Å². The highest BCUT2D eigenvalue weighted by Gasteiger charge is 2.10. The SMILES string of the molecule is Brc1cccc(-c2nc3c(ccc4ccccc43)o2)c1. The van der Waals surface area contributed by atoms with Crippen LogP contribution in [0.5, 0.6) is 0 Å². The van der Waals surface area contributed by atoms with E-state index in [0.717, 1.165) is 26.5 Å². The van der Waals surface area contributed by atoms with Gasteiger partial charge in [0.2, 0.25) is 5.89 Å². The van der Waals surface area contributed by atoms with Gasteiger partial charge in [0.1, 0.15) is 5.52 Å². The van der Waals surface area contributed by atoms with E-state index in [1.54, 1.807) is 0 Å².